The van der Waals surface area contributed by atoms with Gasteiger partial charge in [0.1, 0.15) is 12.1 Å². The molecule has 4 rings (SSSR count). The molecular formula is C21H18N4S. The van der Waals surface area contributed by atoms with Crippen molar-refractivity contribution in [3.05, 3.63) is 94.7 Å². The summed E-state index contributed by atoms with van der Waals surface area (Å²) < 4.78 is 0. The number of benzene rings is 2. The lowest BCUT2D eigenvalue weighted by atomic mass is 10.1. The smallest absolute Gasteiger partial charge is 0.130 e. The predicted octanol–water partition coefficient (Wildman–Crippen LogP) is 4.80. The Balaban J connectivity index is 1.40. The van der Waals surface area contributed by atoms with Crippen molar-refractivity contribution in [1.82, 2.24) is 15.0 Å². The third-order valence-electron chi connectivity index (χ3n) is 3.98. The molecule has 0 spiro atoms. The van der Waals surface area contributed by atoms with Gasteiger partial charge in [0.15, 0.2) is 0 Å². The molecule has 0 bridgehead atoms. The van der Waals surface area contributed by atoms with E-state index >= 15 is 0 Å². The van der Waals surface area contributed by atoms with Gasteiger partial charge >= 0.3 is 0 Å². The monoisotopic (exact) mass is 358 g/mol. The van der Waals surface area contributed by atoms with Crippen LogP contribution in [0.15, 0.2) is 78.4 Å². The van der Waals surface area contributed by atoms with E-state index in [1.165, 1.54) is 5.56 Å². The summed E-state index contributed by atoms with van der Waals surface area (Å²) in [6, 6.07) is 22.5. The lowest BCUT2D eigenvalue weighted by Crippen LogP contribution is -2.02. The van der Waals surface area contributed by atoms with Crippen LogP contribution in [0.1, 0.15) is 16.3 Å². The van der Waals surface area contributed by atoms with Gasteiger partial charge in [0, 0.05) is 23.4 Å². The van der Waals surface area contributed by atoms with E-state index in [4.69, 9.17) is 4.98 Å². The number of hydrogen-bond acceptors (Lipinski definition) is 5. The lowest BCUT2D eigenvalue weighted by molar-refractivity contribution is 1.01. The van der Waals surface area contributed by atoms with Gasteiger partial charge in [0.05, 0.1) is 22.9 Å². The van der Waals surface area contributed by atoms with E-state index in [2.05, 4.69) is 44.9 Å². The summed E-state index contributed by atoms with van der Waals surface area (Å²) in [5.41, 5.74) is 4.30. The molecule has 4 nitrogen and oxygen atoms in total. The Morgan fingerprint density at radius 3 is 2.46 bits per heavy atom. The van der Waals surface area contributed by atoms with Gasteiger partial charge in [-0.15, -0.1) is 11.3 Å². The molecule has 4 aromatic rings. The summed E-state index contributed by atoms with van der Waals surface area (Å²) >= 11 is 1.70. The summed E-state index contributed by atoms with van der Waals surface area (Å²) in [7, 11) is 0. The first-order valence-electron chi connectivity index (χ1n) is 8.45. The third-order valence-corrected chi connectivity index (χ3v) is 4.88. The van der Waals surface area contributed by atoms with Crippen LogP contribution >= 0.6 is 11.3 Å². The second kappa shape index (κ2) is 7.89. The van der Waals surface area contributed by atoms with Gasteiger partial charge in [-0.05, 0) is 5.56 Å². The van der Waals surface area contributed by atoms with Crippen LogP contribution in [0.25, 0.3) is 11.3 Å². The standard InChI is InChI=1S/C21H18N4S/c1-3-7-16(8-4-1)11-21-25-18(14-26-21)13-22-20-12-19(23-15-24-20)17-9-5-2-6-10-17/h1-10,12,14-15H,11,13H2,(H,22,23,24). The number of nitrogens with one attached hydrogen (secondary N) is 1. The highest BCUT2D eigenvalue weighted by Gasteiger charge is 2.05. The molecule has 2 aromatic carbocycles. The first-order valence-corrected chi connectivity index (χ1v) is 9.33. The molecule has 0 unspecified atom stereocenters. The second-order valence-corrected chi connectivity index (χ2v) is 6.85. The molecule has 0 aliphatic rings. The van der Waals surface area contributed by atoms with Crippen LogP contribution in [0, 0.1) is 0 Å². The molecule has 0 atom stereocenters. The molecule has 2 heterocycles. The molecule has 0 fully saturated rings. The van der Waals surface area contributed by atoms with E-state index in [9.17, 15) is 0 Å². The molecule has 0 saturated carbocycles. The van der Waals surface area contributed by atoms with Crippen LogP contribution in [0.5, 0.6) is 0 Å². The Morgan fingerprint density at radius 2 is 1.65 bits per heavy atom. The number of thiazole rings is 1. The highest BCUT2D eigenvalue weighted by atomic mass is 32.1. The molecule has 0 aliphatic carbocycles. The van der Waals surface area contributed by atoms with Crippen LogP contribution < -0.4 is 5.32 Å². The van der Waals surface area contributed by atoms with Crippen molar-refractivity contribution in [3.8, 4) is 11.3 Å². The fourth-order valence-corrected chi connectivity index (χ4v) is 3.51. The first kappa shape index (κ1) is 16.4. The Hall–Kier alpha value is -3.05. The molecule has 0 radical (unpaired) electrons. The van der Waals surface area contributed by atoms with Gasteiger partial charge in [0.25, 0.3) is 0 Å². The minimum Gasteiger partial charge on any atom is -0.364 e. The highest BCUT2D eigenvalue weighted by molar-refractivity contribution is 7.09. The van der Waals surface area contributed by atoms with E-state index in [1.54, 1.807) is 17.7 Å². The number of rotatable bonds is 6. The van der Waals surface area contributed by atoms with E-state index < -0.39 is 0 Å². The zero-order valence-corrected chi connectivity index (χ0v) is 15.0. The largest absolute Gasteiger partial charge is 0.364 e. The molecule has 26 heavy (non-hydrogen) atoms. The zero-order chi connectivity index (χ0) is 17.6. The van der Waals surface area contributed by atoms with Crippen molar-refractivity contribution in [2.45, 2.75) is 13.0 Å². The van der Waals surface area contributed by atoms with E-state index in [0.717, 1.165) is 34.2 Å². The first-order chi connectivity index (χ1) is 12.9. The third kappa shape index (κ3) is 4.13. The summed E-state index contributed by atoms with van der Waals surface area (Å²) in [5, 5.41) is 6.57. The number of hydrogen-bond donors (Lipinski definition) is 1. The van der Waals surface area contributed by atoms with Crippen molar-refractivity contribution in [2.24, 2.45) is 0 Å². The molecule has 0 saturated heterocycles. The molecule has 1 N–H and O–H groups in total. The number of anilines is 1. The molecule has 0 amide bonds. The topological polar surface area (TPSA) is 50.7 Å². The van der Waals surface area contributed by atoms with E-state index in [-0.39, 0.29) is 0 Å². The maximum atomic E-state index is 4.71. The van der Waals surface area contributed by atoms with Gasteiger partial charge in [-0.25, -0.2) is 15.0 Å². The van der Waals surface area contributed by atoms with Gasteiger partial charge in [0.2, 0.25) is 0 Å². The quantitative estimate of drug-likeness (QED) is 0.538. The van der Waals surface area contributed by atoms with E-state index in [1.807, 2.05) is 42.5 Å². The normalized spacial score (nSPS) is 10.6. The number of nitrogens with zero attached hydrogens (tertiary/aromatic N) is 3. The van der Waals surface area contributed by atoms with Crippen molar-refractivity contribution in [1.29, 1.82) is 0 Å². The molecule has 2 aromatic heterocycles. The van der Waals surface area contributed by atoms with Gasteiger partial charge in [-0.1, -0.05) is 60.7 Å². The predicted molar refractivity (Wildman–Crippen MR) is 106 cm³/mol. The van der Waals surface area contributed by atoms with Gasteiger partial charge in [-0.2, -0.15) is 0 Å². The summed E-state index contributed by atoms with van der Waals surface area (Å²) in [4.78, 5) is 13.4. The summed E-state index contributed by atoms with van der Waals surface area (Å²) in [5.74, 6) is 0.802. The maximum Gasteiger partial charge on any atom is 0.130 e. The Labute approximate surface area is 156 Å². The average Bonchev–Trinajstić information content (AvgIpc) is 3.15. The van der Waals surface area contributed by atoms with Crippen LogP contribution in [0.4, 0.5) is 5.82 Å². The van der Waals surface area contributed by atoms with Crippen LogP contribution in [0.3, 0.4) is 0 Å². The van der Waals surface area contributed by atoms with E-state index in [0.29, 0.717) is 6.54 Å². The minimum absolute atomic E-state index is 0.649. The molecule has 128 valence electrons. The maximum absolute atomic E-state index is 4.71. The Bertz CT molecular complexity index is 967. The van der Waals surface area contributed by atoms with Crippen molar-refractivity contribution in [2.75, 3.05) is 5.32 Å². The van der Waals surface area contributed by atoms with Gasteiger partial charge < -0.3 is 5.32 Å². The SMILES string of the molecule is c1ccc(Cc2nc(CNc3cc(-c4ccccc4)ncn3)cs2)cc1. The number of aromatic nitrogens is 3. The van der Waals surface area contributed by atoms with Crippen LogP contribution in [-0.4, -0.2) is 15.0 Å². The summed E-state index contributed by atoms with van der Waals surface area (Å²) in [6.07, 6.45) is 2.46. The fourth-order valence-electron chi connectivity index (χ4n) is 2.68. The van der Waals surface area contributed by atoms with Crippen LogP contribution in [0.2, 0.25) is 0 Å². The van der Waals surface area contributed by atoms with Crippen LogP contribution in [-0.2, 0) is 13.0 Å². The van der Waals surface area contributed by atoms with Crippen molar-refractivity contribution < 1.29 is 0 Å². The second-order valence-electron chi connectivity index (χ2n) is 5.90. The van der Waals surface area contributed by atoms with Crippen molar-refractivity contribution in [3.63, 3.8) is 0 Å². The lowest BCUT2D eigenvalue weighted by Gasteiger charge is -2.05. The summed E-state index contributed by atoms with van der Waals surface area (Å²) in [6.45, 7) is 0.649. The highest BCUT2D eigenvalue weighted by Crippen LogP contribution is 2.19. The Kier molecular flexibility index (Phi) is 4.98. The average molecular weight is 358 g/mol. The molecule has 0 aliphatic heterocycles. The molecular weight excluding hydrogens is 340 g/mol. The zero-order valence-electron chi connectivity index (χ0n) is 14.2. The minimum atomic E-state index is 0.649. The Morgan fingerprint density at radius 1 is 0.885 bits per heavy atom. The fraction of sp³-hybridized carbons (Fsp3) is 0.0952. The van der Waals surface area contributed by atoms with Crippen molar-refractivity contribution >= 4 is 17.2 Å². The van der Waals surface area contributed by atoms with Gasteiger partial charge in [-0.3, -0.25) is 0 Å². The molecule has 5 heteroatoms.